The van der Waals surface area contributed by atoms with E-state index in [9.17, 15) is 79.4 Å². The summed E-state index contributed by atoms with van der Waals surface area (Å²) in [5.74, 6) is -10.2. The summed E-state index contributed by atoms with van der Waals surface area (Å²) in [6.45, 7) is 0. The molecule has 61 heavy (non-hydrogen) atoms. The molecule has 2 aliphatic rings. The quantitative estimate of drug-likeness (QED) is 0.0566. The Kier molecular flexibility index (Phi) is 13.8. The molecule has 8 bridgehead atoms. The minimum atomic E-state index is -1.36. The Hall–Kier alpha value is -7.68. The average molecular weight is 847 g/mol. The van der Waals surface area contributed by atoms with Crippen LogP contribution in [-0.4, -0.2) is 109 Å². The van der Waals surface area contributed by atoms with Gasteiger partial charge in [-0.3, -0.25) is 33.6 Å². The molecule has 320 valence electrons. The average Bonchev–Trinajstić information content (AvgIpc) is 3.84. The summed E-state index contributed by atoms with van der Waals surface area (Å²) in [7, 11) is 0. The van der Waals surface area contributed by atoms with Crippen LogP contribution in [0.4, 0.5) is 0 Å². The van der Waals surface area contributed by atoms with E-state index < -0.39 is 99.1 Å². The predicted molar refractivity (Wildman–Crippen MR) is 209 cm³/mol. The monoisotopic (exact) mass is 846 g/mol. The largest absolute Gasteiger partial charge is 0.481 e. The molecule has 0 amide bonds. The standard InChI is InChI=1S/C40H38N4O17/c45-33(46)5-1-17-21(9-37(53)54)29-13-26-18(2-6-34(47)48)22(10-38(55)56)31(42-26)15-28-20(4-8-36(51)52)24(12-40(59)61-60)32(44-28)16-27-19(3-7-35(49)50)23(11-39(57)58)30(43-27)14-25(17)41-29/h13-16,42,44,60H,1-12H2,(H,45,46)(H,47,48)(H,49,50)(H,51,52)(H,53,54)(H,55,56)(H,57,58). The zero-order chi connectivity index (χ0) is 44.7. The highest BCUT2D eigenvalue weighted by Crippen LogP contribution is 2.40. The first kappa shape index (κ1) is 44.4. The van der Waals surface area contributed by atoms with Crippen LogP contribution in [0, 0.1) is 0 Å². The Morgan fingerprint density at radius 3 is 1.18 bits per heavy atom. The Bertz CT molecular complexity index is 2610. The highest BCUT2D eigenvalue weighted by Gasteiger charge is 2.28. The Morgan fingerprint density at radius 2 is 0.754 bits per heavy atom. The zero-order valence-electron chi connectivity index (χ0n) is 31.9. The molecule has 3 aromatic rings. The summed E-state index contributed by atoms with van der Waals surface area (Å²) in [5.41, 5.74) is 0.882. The SMILES string of the molecule is O=C(O)CCC1=C(CC(=O)O)c2cc3nc(cc4[nH]c(cc5[nH]c(cc1n2)c(CC(=O)OO)c5CCC(=O)O)c(CC(=O)O)c4CCC(=O)O)C(CC(=O)O)=C3CCC(=O)O. The van der Waals surface area contributed by atoms with Crippen molar-refractivity contribution in [3.63, 3.8) is 0 Å². The van der Waals surface area contributed by atoms with Gasteiger partial charge in [-0.1, -0.05) is 0 Å². The summed E-state index contributed by atoms with van der Waals surface area (Å²) in [6, 6.07) is 5.35. The van der Waals surface area contributed by atoms with Crippen molar-refractivity contribution in [1.29, 1.82) is 0 Å². The number of aromatic amines is 2. The second-order valence-electron chi connectivity index (χ2n) is 14.0. The van der Waals surface area contributed by atoms with E-state index in [0.29, 0.717) is 0 Å². The molecule has 0 fully saturated rings. The summed E-state index contributed by atoms with van der Waals surface area (Å²) in [4.78, 5) is 116. The Morgan fingerprint density at radius 1 is 0.410 bits per heavy atom. The number of hydrogen-bond donors (Lipinski definition) is 10. The van der Waals surface area contributed by atoms with Crippen LogP contribution in [0.2, 0.25) is 0 Å². The minimum absolute atomic E-state index is 0.0189. The van der Waals surface area contributed by atoms with Crippen molar-refractivity contribution >= 4 is 92.1 Å². The van der Waals surface area contributed by atoms with Crippen molar-refractivity contribution < 1.29 is 84.2 Å². The summed E-state index contributed by atoms with van der Waals surface area (Å²) in [5, 5.41) is 78.0. The van der Waals surface area contributed by atoms with E-state index in [2.05, 4.69) is 24.8 Å². The van der Waals surface area contributed by atoms with Crippen LogP contribution < -0.4 is 0 Å². The number of fused-ring (bicyclic) bond motifs is 8. The van der Waals surface area contributed by atoms with Gasteiger partial charge < -0.3 is 50.6 Å². The maximum Gasteiger partial charge on any atom is 0.346 e. The third-order valence-electron chi connectivity index (χ3n) is 9.90. The van der Waals surface area contributed by atoms with Gasteiger partial charge >= 0.3 is 47.8 Å². The molecule has 3 aromatic heterocycles. The van der Waals surface area contributed by atoms with Crippen LogP contribution >= 0.6 is 0 Å². The number of nitrogens with one attached hydrogen (secondary N) is 2. The molecule has 5 rings (SSSR count). The third kappa shape index (κ3) is 10.9. The van der Waals surface area contributed by atoms with Crippen molar-refractivity contribution in [2.75, 3.05) is 0 Å². The number of H-pyrrole nitrogens is 2. The summed E-state index contributed by atoms with van der Waals surface area (Å²) < 4.78 is 0. The lowest BCUT2D eigenvalue weighted by Crippen LogP contribution is -2.07. The molecule has 5 heterocycles. The van der Waals surface area contributed by atoms with E-state index in [4.69, 9.17) is 0 Å². The maximum atomic E-state index is 12.6. The second kappa shape index (κ2) is 18.9. The number of aliphatic carboxylic acids is 7. The number of hydrogen-bond acceptors (Lipinski definition) is 12. The molecule has 10 N–H and O–H groups in total. The smallest absolute Gasteiger partial charge is 0.346 e. The molecule has 2 aliphatic heterocycles. The second-order valence-corrected chi connectivity index (χ2v) is 14.0. The number of rotatable bonds is 20. The van der Waals surface area contributed by atoms with E-state index >= 15 is 0 Å². The molecule has 21 heteroatoms. The summed E-state index contributed by atoms with van der Waals surface area (Å²) >= 11 is 0. The number of carboxylic acids is 7. The molecule has 0 unspecified atom stereocenters. The van der Waals surface area contributed by atoms with E-state index in [1.165, 1.54) is 24.3 Å². The van der Waals surface area contributed by atoms with Gasteiger partial charge in [0, 0.05) is 47.8 Å². The van der Waals surface area contributed by atoms with Crippen LogP contribution in [0.15, 0.2) is 24.3 Å². The molecule has 0 atom stereocenters. The topological polar surface area (TPSA) is 365 Å². The van der Waals surface area contributed by atoms with Gasteiger partial charge in [0.25, 0.3) is 0 Å². The van der Waals surface area contributed by atoms with Gasteiger partial charge in [0.2, 0.25) is 0 Å². The van der Waals surface area contributed by atoms with E-state index in [0.717, 1.165) is 0 Å². The van der Waals surface area contributed by atoms with E-state index in [1.807, 2.05) is 0 Å². The fourth-order valence-corrected chi connectivity index (χ4v) is 7.39. The van der Waals surface area contributed by atoms with Crippen molar-refractivity contribution in [2.24, 2.45) is 0 Å². The number of aryl methyl sites for hydroxylation is 2. The van der Waals surface area contributed by atoms with Gasteiger partial charge in [-0.15, -0.1) is 0 Å². The van der Waals surface area contributed by atoms with Gasteiger partial charge in [-0.2, -0.15) is 5.26 Å². The number of nitrogens with zero attached hydrogens (tertiary/aromatic N) is 2. The molecule has 0 aliphatic carbocycles. The van der Waals surface area contributed by atoms with Gasteiger partial charge in [0.15, 0.2) is 0 Å². The first-order valence-electron chi connectivity index (χ1n) is 18.4. The fourth-order valence-electron chi connectivity index (χ4n) is 7.39. The number of allylic oxidation sites excluding steroid dienone is 2. The van der Waals surface area contributed by atoms with Crippen molar-refractivity contribution in [3.05, 3.63) is 69.3 Å². The summed E-state index contributed by atoms with van der Waals surface area (Å²) in [6.07, 6.45) is -5.88. The number of carbonyl (C=O) groups excluding carboxylic acids is 1. The van der Waals surface area contributed by atoms with Crippen LogP contribution in [0.5, 0.6) is 0 Å². The van der Waals surface area contributed by atoms with E-state index in [1.54, 1.807) is 0 Å². The highest BCUT2D eigenvalue weighted by molar-refractivity contribution is 6.02. The van der Waals surface area contributed by atoms with Crippen molar-refractivity contribution in [1.82, 2.24) is 19.9 Å². The number of carbonyl (C=O) groups is 8. The first-order chi connectivity index (χ1) is 28.8. The van der Waals surface area contributed by atoms with Crippen LogP contribution in [0.25, 0.3) is 44.4 Å². The molecule has 0 saturated heterocycles. The Balaban J connectivity index is 2.10. The molecule has 0 aromatic carbocycles. The fraction of sp³-hybridized carbons (Fsp3) is 0.300. The van der Waals surface area contributed by atoms with Gasteiger partial charge in [0.1, 0.15) is 0 Å². The van der Waals surface area contributed by atoms with Crippen molar-refractivity contribution in [3.8, 4) is 0 Å². The Labute approximate surface area is 342 Å². The maximum absolute atomic E-state index is 12.6. The van der Waals surface area contributed by atoms with Crippen LogP contribution in [0.1, 0.15) is 96.4 Å². The molecule has 21 nitrogen and oxygen atoms in total. The predicted octanol–water partition coefficient (Wildman–Crippen LogP) is 4.04. The van der Waals surface area contributed by atoms with Gasteiger partial charge in [0.05, 0.1) is 48.5 Å². The lowest BCUT2D eigenvalue weighted by molar-refractivity contribution is -0.233. The molecule has 0 radical (unpaired) electrons. The molecular formula is C40H38N4O17. The van der Waals surface area contributed by atoms with Crippen LogP contribution in [-0.2, 0) is 68.9 Å². The lowest BCUT2D eigenvalue weighted by atomic mass is 9.95. The first-order valence-corrected chi connectivity index (χ1v) is 18.4. The van der Waals surface area contributed by atoms with Crippen molar-refractivity contribution in [2.45, 2.75) is 77.0 Å². The molecule has 0 spiro atoms. The number of carboxylic acid groups (broad SMARTS) is 7. The van der Waals surface area contributed by atoms with E-state index in [-0.39, 0.29) is 115 Å². The highest BCUT2D eigenvalue weighted by atomic mass is 17.1. The number of aromatic nitrogens is 4. The van der Waals surface area contributed by atoms with Gasteiger partial charge in [-0.05, 0) is 94.5 Å². The molecular weight excluding hydrogens is 808 g/mol. The minimum Gasteiger partial charge on any atom is -0.481 e. The van der Waals surface area contributed by atoms with Gasteiger partial charge in [-0.25, -0.2) is 14.8 Å². The normalized spacial score (nSPS) is 12.3. The lowest BCUT2D eigenvalue weighted by Gasteiger charge is -2.07. The zero-order valence-corrected chi connectivity index (χ0v) is 31.9. The molecule has 0 saturated carbocycles. The van der Waals surface area contributed by atoms with Crippen LogP contribution in [0.3, 0.4) is 0 Å². The third-order valence-corrected chi connectivity index (χ3v) is 9.90.